The van der Waals surface area contributed by atoms with E-state index in [2.05, 4.69) is 50.9 Å². The standard InChI is InChI=1S/C15H18N4S/c1-10-8-11-4-2-3-5-13(11)18(9-10)14-16-17-15(20)19(14)12-6-7-12/h2-5,10,12H,6-9H2,1H3,(H,17,20). The summed E-state index contributed by atoms with van der Waals surface area (Å²) in [6.07, 6.45) is 3.57. The summed E-state index contributed by atoms with van der Waals surface area (Å²) < 4.78 is 2.95. The van der Waals surface area contributed by atoms with Crippen molar-refractivity contribution >= 4 is 23.9 Å². The van der Waals surface area contributed by atoms with E-state index in [-0.39, 0.29) is 0 Å². The van der Waals surface area contributed by atoms with Crippen molar-refractivity contribution in [3.05, 3.63) is 34.6 Å². The number of fused-ring (bicyclic) bond motifs is 1. The Bertz CT molecular complexity index is 698. The van der Waals surface area contributed by atoms with Gasteiger partial charge in [0.15, 0.2) is 4.77 Å². The molecule has 4 nitrogen and oxygen atoms in total. The summed E-state index contributed by atoms with van der Waals surface area (Å²) in [6, 6.07) is 9.18. The predicted molar refractivity (Wildman–Crippen MR) is 82.0 cm³/mol. The molecule has 1 unspecified atom stereocenters. The minimum Gasteiger partial charge on any atom is -0.310 e. The zero-order chi connectivity index (χ0) is 13.7. The monoisotopic (exact) mass is 286 g/mol. The highest BCUT2D eigenvalue weighted by Crippen LogP contribution is 2.41. The highest BCUT2D eigenvalue weighted by molar-refractivity contribution is 7.71. The molecule has 1 saturated carbocycles. The number of hydrogen-bond donors (Lipinski definition) is 1. The normalized spacial score (nSPS) is 21.9. The maximum Gasteiger partial charge on any atom is 0.230 e. The number of nitrogens with zero attached hydrogens (tertiary/aromatic N) is 3. The molecule has 20 heavy (non-hydrogen) atoms. The van der Waals surface area contributed by atoms with Gasteiger partial charge in [-0.05, 0) is 49.0 Å². The second kappa shape index (κ2) is 4.45. The fraction of sp³-hybridized carbons (Fsp3) is 0.467. The first-order valence-corrected chi connectivity index (χ1v) is 7.67. The molecule has 0 bridgehead atoms. The van der Waals surface area contributed by atoms with Crippen LogP contribution in [0.1, 0.15) is 31.4 Å². The van der Waals surface area contributed by atoms with Gasteiger partial charge in [-0.25, -0.2) is 5.10 Å². The minimum atomic E-state index is 0.542. The Morgan fingerprint density at radius 1 is 1.30 bits per heavy atom. The maximum absolute atomic E-state index is 5.40. The van der Waals surface area contributed by atoms with E-state index in [4.69, 9.17) is 12.2 Å². The quantitative estimate of drug-likeness (QED) is 0.857. The molecule has 1 aliphatic heterocycles. The lowest BCUT2D eigenvalue weighted by Crippen LogP contribution is -2.32. The van der Waals surface area contributed by atoms with Gasteiger partial charge in [0, 0.05) is 18.3 Å². The van der Waals surface area contributed by atoms with E-state index in [1.165, 1.54) is 24.1 Å². The van der Waals surface area contributed by atoms with Crippen LogP contribution in [0.15, 0.2) is 24.3 Å². The molecule has 1 aromatic heterocycles. The van der Waals surface area contributed by atoms with Gasteiger partial charge in [0.1, 0.15) is 0 Å². The third-order valence-corrected chi connectivity index (χ3v) is 4.47. The van der Waals surface area contributed by atoms with Crippen LogP contribution in [-0.2, 0) is 6.42 Å². The molecule has 1 N–H and O–H groups in total. The van der Waals surface area contributed by atoms with E-state index in [0.29, 0.717) is 12.0 Å². The Morgan fingerprint density at radius 3 is 2.90 bits per heavy atom. The smallest absolute Gasteiger partial charge is 0.230 e. The van der Waals surface area contributed by atoms with E-state index in [1.54, 1.807) is 0 Å². The van der Waals surface area contributed by atoms with Crippen molar-refractivity contribution in [2.75, 3.05) is 11.4 Å². The Morgan fingerprint density at radius 2 is 2.10 bits per heavy atom. The van der Waals surface area contributed by atoms with Gasteiger partial charge < -0.3 is 4.90 Å². The average molecular weight is 286 g/mol. The van der Waals surface area contributed by atoms with Crippen LogP contribution >= 0.6 is 12.2 Å². The number of aromatic nitrogens is 3. The lowest BCUT2D eigenvalue weighted by molar-refractivity contribution is 0.549. The van der Waals surface area contributed by atoms with E-state index < -0.39 is 0 Å². The fourth-order valence-corrected chi connectivity index (χ4v) is 3.41. The van der Waals surface area contributed by atoms with Gasteiger partial charge in [-0.2, -0.15) is 0 Å². The highest BCUT2D eigenvalue weighted by atomic mass is 32.1. The first kappa shape index (κ1) is 12.1. The number of H-pyrrole nitrogens is 1. The largest absolute Gasteiger partial charge is 0.310 e. The molecule has 2 aromatic rings. The third kappa shape index (κ3) is 1.88. The minimum absolute atomic E-state index is 0.542. The predicted octanol–water partition coefficient (Wildman–Crippen LogP) is 3.61. The molecule has 1 fully saturated rings. The van der Waals surface area contributed by atoms with E-state index in [0.717, 1.165) is 23.7 Å². The van der Waals surface area contributed by atoms with Crippen LogP contribution in [0.3, 0.4) is 0 Å². The first-order valence-electron chi connectivity index (χ1n) is 7.26. The summed E-state index contributed by atoms with van der Waals surface area (Å²) in [5, 5.41) is 7.48. The van der Waals surface area contributed by atoms with Crippen LogP contribution in [0.25, 0.3) is 0 Å². The molecular weight excluding hydrogens is 268 g/mol. The van der Waals surface area contributed by atoms with Crippen molar-refractivity contribution in [3.63, 3.8) is 0 Å². The van der Waals surface area contributed by atoms with Gasteiger partial charge in [0.25, 0.3) is 0 Å². The summed E-state index contributed by atoms with van der Waals surface area (Å²) in [5.74, 6) is 1.61. The van der Waals surface area contributed by atoms with Gasteiger partial charge in [-0.15, -0.1) is 5.10 Å². The molecule has 104 valence electrons. The molecule has 1 atom stereocenters. The number of para-hydroxylation sites is 1. The topological polar surface area (TPSA) is 36.9 Å². The number of rotatable bonds is 2. The molecule has 1 aromatic carbocycles. The van der Waals surface area contributed by atoms with E-state index in [1.807, 2.05) is 0 Å². The molecule has 5 heteroatoms. The van der Waals surface area contributed by atoms with Crippen molar-refractivity contribution in [2.24, 2.45) is 5.92 Å². The lowest BCUT2D eigenvalue weighted by atomic mass is 9.94. The Hall–Kier alpha value is -1.62. The third-order valence-electron chi connectivity index (χ3n) is 4.18. The second-order valence-electron chi connectivity index (χ2n) is 5.98. The molecule has 2 aliphatic rings. The summed E-state index contributed by atoms with van der Waals surface area (Å²) in [5.41, 5.74) is 2.68. The fourth-order valence-electron chi connectivity index (χ4n) is 3.13. The van der Waals surface area contributed by atoms with Crippen molar-refractivity contribution in [1.82, 2.24) is 14.8 Å². The highest BCUT2D eigenvalue weighted by Gasteiger charge is 2.32. The van der Waals surface area contributed by atoms with Crippen LogP contribution < -0.4 is 4.90 Å². The number of hydrogen-bond acceptors (Lipinski definition) is 3. The van der Waals surface area contributed by atoms with Crippen LogP contribution in [-0.4, -0.2) is 21.3 Å². The maximum atomic E-state index is 5.40. The van der Waals surface area contributed by atoms with E-state index in [9.17, 15) is 0 Å². The molecule has 0 radical (unpaired) electrons. The molecule has 1 aliphatic carbocycles. The number of nitrogens with one attached hydrogen (secondary N) is 1. The van der Waals surface area contributed by atoms with Crippen LogP contribution in [0.4, 0.5) is 11.6 Å². The van der Waals surface area contributed by atoms with Crippen LogP contribution in [0, 0.1) is 10.7 Å². The van der Waals surface area contributed by atoms with Crippen LogP contribution in [0.5, 0.6) is 0 Å². The Labute approximate surface area is 123 Å². The summed E-state index contributed by atoms with van der Waals surface area (Å²) in [7, 11) is 0. The van der Waals surface area contributed by atoms with Crippen molar-refractivity contribution in [3.8, 4) is 0 Å². The summed E-state index contributed by atoms with van der Waals surface area (Å²) >= 11 is 5.40. The zero-order valence-corrected chi connectivity index (χ0v) is 12.4. The molecule has 0 amide bonds. The number of aromatic amines is 1. The second-order valence-corrected chi connectivity index (χ2v) is 6.37. The van der Waals surface area contributed by atoms with Gasteiger partial charge in [0.2, 0.25) is 5.95 Å². The van der Waals surface area contributed by atoms with E-state index >= 15 is 0 Å². The van der Waals surface area contributed by atoms with Gasteiger partial charge in [0.05, 0.1) is 0 Å². The van der Waals surface area contributed by atoms with Gasteiger partial charge >= 0.3 is 0 Å². The summed E-state index contributed by atoms with van der Waals surface area (Å²) in [6.45, 7) is 3.30. The van der Waals surface area contributed by atoms with Crippen molar-refractivity contribution in [2.45, 2.75) is 32.2 Å². The zero-order valence-electron chi connectivity index (χ0n) is 11.5. The molecule has 4 rings (SSSR count). The number of benzene rings is 1. The Kier molecular flexibility index (Phi) is 2.70. The van der Waals surface area contributed by atoms with Gasteiger partial charge in [-0.3, -0.25) is 4.57 Å². The molecule has 2 heterocycles. The lowest BCUT2D eigenvalue weighted by Gasteiger charge is -2.33. The van der Waals surface area contributed by atoms with Crippen LogP contribution in [0.2, 0.25) is 0 Å². The summed E-state index contributed by atoms with van der Waals surface area (Å²) in [4.78, 5) is 2.33. The van der Waals surface area contributed by atoms with Gasteiger partial charge in [-0.1, -0.05) is 25.1 Å². The van der Waals surface area contributed by atoms with Crippen molar-refractivity contribution < 1.29 is 0 Å². The Balaban J connectivity index is 1.84. The SMILES string of the molecule is CC1Cc2ccccc2N(c2n[nH]c(=S)n2C2CC2)C1. The molecular formula is C15H18N4S. The first-order chi connectivity index (χ1) is 9.74. The number of anilines is 2. The molecule has 0 saturated heterocycles. The average Bonchev–Trinajstić information content (AvgIpc) is 3.21. The van der Waals surface area contributed by atoms with Crippen molar-refractivity contribution in [1.29, 1.82) is 0 Å². The molecule has 0 spiro atoms.